The van der Waals surface area contributed by atoms with Crippen molar-refractivity contribution >= 4 is 11.6 Å². The monoisotopic (exact) mass is 294 g/mol. The summed E-state index contributed by atoms with van der Waals surface area (Å²) in [5.74, 6) is -3.18. The van der Waals surface area contributed by atoms with Crippen LogP contribution >= 0.6 is 0 Å². The van der Waals surface area contributed by atoms with Gasteiger partial charge in [-0.1, -0.05) is 6.07 Å². The molecule has 0 aliphatic carbocycles. The van der Waals surface area contributed by atoms with Crippen molar-refractivity contribution in [3.05, 3.63) is 65.0 Å². The zero-order chi connectivity index (χ0) is 15.6. The van der Waals surface area contributed by atoms with Gasteiger partial charge in [-0.05, 0) is 42.8 Å². The second-order valence-electron chi connectivity index (χ2n) is 4.60. The Morgan fingerprint density at radius 2 is 1.76 bits per heavy atom. The molecule has 0 saturated heterocycles. The number of amides is 1. The van der Waals surface area contributed by atoms with Gasteiger partial charge in [-0.25, -0.2) is 13.2 Å². The van der Waals surface area contributed by atoms with Crippen molar-refractivity contribution in [3.8, 4) is 0 Å². The highest BCUT2D eigenvalue weighted by molar-refractivity contribution is 5.94. The van der Waals surface area contributed by atoms with E-state index in [-0.39, 0.29) is 11.3 Å². The van der Waals surface area contributed by atoms with Crippen LogP contribution in [0.15, 0.2) is 36.4 Å². The van der Waals surface area contributed by atoms with E-state index in [1.165, 1.54) is 18.2 Å². The van der Waals surface area contributed by atoms with Crippen LogP contribution in [0.5, 0.6) is 0 Å². The molecular formula is C15H13F3N2O. The third-order valence-corrected chi connectivity index (χ3v) is 3.05. The second kappa shape index (κ2) is 5.87. The van der Waals surface area contributed by atoms with E-state index in [0.717, 1.165) is 18.2 Å². The maximum absolute atomic E-state index is 13.3. The number of nitrogens with one attached hydrogen (secondary N) is 1. The minimum absolute atomic E-state index is 0.0554. The molecule has 3 N–H and O–H groups in total. The lowest BCUT2D eigenvalue weighted by atomic mass is 10.1. The highest BCUT2D eigenvalue weighted by Crippen LogP contribution is 2.17. The van der Waals surface area contributed by atoms with Gasteiger partial charge in [0.1, 0.15) is 5.82 Å². The molecule has 1 atom stereocenters. The summed E-state index contributed by atoms with van der Waals surface area (Å²) < 4.78 is 39.3. The highest BCUT2D eigenvalue weighted by atomic mass is 19.2. The zero-order valence-corrected chi connectivity index (χ0v) is 11.2. The van der Waals surface area contributed by atoms with Gasteiger partial charge in [-0.3, -0.25) is 4.79 Å². The molecule has 0 fully saturated rings. The first-order valence-electron chi connectivity index (χ1n) is 6.19. The Balaban J connectivity index is 2.14. The normalized spacial score (nSPS) is 12.0. The molecule has 6 heteroatoms. The number of hydrogen-bond acceptors (Lipinski definition) is 2. The Hall–Kier alpha value is -2.50. The molecule has 0 heterocycles. The molecule has 0 spiro atoms. The van der Waals surface area contributed by atoms with E-state index in [4.69, 9.17) is 5.73 Å². The van der Waals surface area contributed by atoms with E-state index < -0.39 is 29.4 Å². The number of carbonyl (C=O) groups excluding carboxylic acids is 1. The van der Waals surface area contributed by atoms with E-state index in [2.05, 4.69) is 5.32 Å². The molecule has 0 aliphatic heterocycles. The molecule has 0 radical (unpaired) electrons. The van der Waals surface area contributed by atoms with Gasteiger partial charge in [-0.15, -0.1) is 0 Å². The first kappa shape index (κ1) is 14.9. The Morgan fingerprint density at radius 3 is 2.38 bits per heavy atom. The second-order valence-corrected chi connectivity index (χ2v) is 4.60. The maximum Gasteiger partial charge on any atom is 0.251 e. The van der Waals surface area contributed by atoms with Gasteiger partial charge in [0.15, 0.2) is 11.6 Å². The summed E-state index contributed by atoms with van der Waals surface area (Å²) >= 11 is 0. The molecular weight excluding hydrogens is 281 g/mol. The summed E-state index contributed by atoms with van der Waals surface area (Å²) in [6.45, 7) is 1.61. The minimum Gasteiger partial charge on any atom is -0.396 e. The Morgan fingerprint density at radius 1 is 1.05 bits per heavy atom. The van der Waals surface area contributed by atoms with Crippen LogP contribution in [-0.4, -0.2) is 5.91 Å². The highest BCUT2D eigenvalue weighted by Gasteiger charge is 2.14. The molecule has 0 aromatic heterocycles. The van der Waals surface area contributed by atoms with Crippen molar-refractivity contribution < 1.29 is 18.0 Å². The predicted molar refractivity (Wildman–Crippen MR) is 73.1 cm³/mol. The van der Waals surface area contributed by atoms with E-state index in [0.29, 0.717) is 5.56 Å². The van der Waals surface area contributed by atoms with Crippen molar-refractivity contribution in [1.29, 1.82) is 0 Å². The smallest absolute Gasteiger partial charge is 0.251 e. The van der Waals surface area contributed by atoms with Gasteiger partial charge in [-0.2, -0.15) is 0 Å². The minimum atomic E-state index is -0.993. The average molecular weight is 294 g/mol. The molecule has 2 aromatic rings. The fraction of sp³-hybridized carbons (Fsp3) is 0.133. The molecule has 1 unspecified atom stereocenters. The quantitative estimate of drug-likeness (QED) is 0.854. The lowest BCUT2D eigenvalue weighted by Gasteiger charge is -2.15. The predicted octanol–water partition coefficient (Wildman–Crippen LogP) is 3.18. The summed E-state index contributed by atoms with van der Waals surface area (Å²) in [5.41, 5.74) is 5.77. The van der Waals surface area contributed by atoms with E-state index in [1.54, 1.807) is 6.92 Å². The van der Waals surface area contributed by atoms with Gasteiger partial charge >= 0.3 is 0 Å². The Bertz CT molecular complexity index is 689. The summed E-state index contributed by atoms with van der Waals surface area (Å²) in [4.78, 5) is 12.0. The molecule has 21 heavy (non-hydrogen) atoms. The average Bonchev–Trinajstić information content (AvgIpc) is 2.44. The van der Waals surface area contributed by atoms with E-state index >= 15 is 0 Å². The first-order chi connectivity index (χ1) is 9.88. The van der Waals surface area contributed by atoms with Crippen molar-refractivity contribution in [1.82, 2.24) is 5.32 Å². The molecule has 3 nitrogen and oxygen atoms in total. The van der Waals surface area contributed by atoms with Crippen LogP contribution in [0.2, 0.25) is 0 Å². The third kappa shape index (κ3) is 3.34. The van der Waals surface area contributed by atoms with Crippen LogP contribution in [0.25, 0.3) is 0 Å². The van der Waals surface area contributed by atoms with Gasteiger partial charge in [0.2, 0.25) is 0 Å². The Kier molecular flexibility index (Phi) is 4.16. The SMILES string of the molecule is CC(NC(=O)c1ccc(N)c(F)c1)c1ccc(F)c(F)c1. The number of anilines is 1. The third-order valence-electron chi connectivity index (χ3n) is 3.05. The van der Waals surface area contributed by atoms with Gasteiger partial charge in [0, 0.05) is 5.56 Å². The number of rotatable bonds is 3. The van der Waals surface area contributed by atoms with Crippen molar-refractivity contribution in [2.75, 3.05) is 5.73 Å². The molecule has 2 aromatic carbocycles. The van der Waals surface area contributed by atoms with Crippen molar-refractivity contribution in [2.45, 2.75) is 13.0 Å². The number of carbonyl (C=O) groups is 1. The fourth-order valence-electron chi connectivity index (χ4n) is 1.81. The number of halogens is 3. The largest absolute Gasteiger partial charge is 0.396 e. The van der Waals surface area contributed by atoms with Gasteiger partial charge < -0.3 is 11.1 Å². The summed E-state index contributed by atoms with van der Waals surface area (Å²) in [6.07, 6.45) is 0. The number of nitrogens with two attached hydrogens (primary N) is 1. The van der Waals surface area contributed by atoms with Crippen molar-refractivity contribution in [2.24, 2.45) is 0 Å². The first-order valence-corrected chi connectivity index (χ1v) is 6.19. The van der Waals surface area contributed by atoms with Crippen LogP contribution < -0.4 is 11.1 Å². The van der Waals surface area contributed by atoms with Crippen LogP contribution in [0.1, 0.15) is 28.9 Å². The molecule has 2 rings (SSSR count). The zero-order valence-electron chi connectivity index (χ0n) is 11.2. The Labute approximate surface area is 119 Å². The topological polar surface area (TPSA) is 55.1 Å². The van der Waals surface area contributed by atoms with E-state index in [9.17, 15) is 18.0 Å². The molecule has 0 saturated carbocycles. The lowest BCUT2D eigenvalue weighted by molar-refractivity contribution is 0.0939. The van der Waals surface area contributed by atoms with Gasteiger partial charge in [0.05, 0.1) is 11.7 Å². The number of nitrogen functional groups attached to an aromatic ring is 1. The molecule has 0 bridgehead atoms. The van der Waals surface area contributed by atoms with Crippen LogP contribution in [-0.2, 0) is 0 Å². The summed E-state index contributed by atoms with van der Waals surface area (Å²) in [5, 5.41) is 2.57. The molecule has 0 aliphatic rings. The van der Waals surface area contributed by atoms with Gasteiger partial charge in [0.25, 0.3) is 5.91 Å². The fourth-order valence-corrected chi connectivity index (χ4v) is 1.81. The van der Waals surface area contributed by atoms with Crippen molar-refractivity contribution in [3.63, 3.8) is 0 Å². The number of benzene rings is 2. The van der Waals surface area contributed by atoms with E-state index in [1.807, 2.05) is 0 Å². The van der Waals surface area contributed by atoms with Crippen LogP contribution in [0.4, 0.5) is 18.9 Å². The number of hydrogen-bond donors (Lipinski definition) is 2. The standard InChI is InChI=1S/C15H13F3N2O/c1-8(9-2-4-11(16)12(17)6-9)20-15(21)10-3-5-14(19)13(18)7-10/h2-8H,19H2,1H3,(H,20,21). The molecule has 1 amide bonds. The van der Waals surface area contributed by atoms with Crippen LogP contribution in [0, 0.1) is 17.5 Å². The molecule has 110 valence electrons. The summed E-state index contributed by atoms with van der Waals surface area (Å²) in [6, 6.07) is 6.47. The van der Waals surface area contributed by atoms with Crippen LogP contribution in [0.3, 0.4) is 0 Å². The maximum atomic E-state index is 13.3. The lowest BCUT2D eigenvalue weighted by Crippen LogP contribution is -2.26. The summed E-state index contributed by atoms with van der Waals surface area (Å²) in [7, 11) is 0.